The van der Waals surface area contributed by atoms with Crippen LogP contribution in [0.15, 0.2) is 0 Å². The predicted molar refractivity (Wildman–Crippen MR) is 105 cm³/mol. The molecule has 0 heterocycles. The molecule has 1 rings (SSSR count). The highest BCUT2D eigenvalue weighted by Crippen LogP contribution is 2.44. The second-order valence-corrected chi connectivity index (χ2v) is 8.75. The van der Waals surface area contributed by atoms with Gasteiger partial charge in [-0.3, -0.25) is 0 Å². The standard InChI is InChI=1S/C22H40O4/c1-5-6-7-8-9-10-11-12-13-19-16-18(17(2)3)14-15-22(19,4)26-21(25)20(23)24/h17-19H,5-16H2,1-4H3,(H,23,24). The lowest BCUT2D eigenvalue weighted by Crippen LogP contribution is -2.46. The first-order valence-electron chi connectivity index (χ1n) is 10.8. The lowest BCUT2D eigenvalue weighted by Gasteiger charge is -2.44. The van der Waals surface area contributed by atoms with Gasteiger partial charge in [0.2, 0.25) is 0 Å². The highest BCUT2D eigenvalue weighted by Gasteiger charge is 2.44. The molecule has 4 nitrogen and oxygen atoms in total. The van der Waals surface area contributed by atoms with Crippen molar-refractivity contribution >= 4 is 11.9 Å². The minimum absolute atomic E-state index is 0.270. The Hall–Kier alpha value is -1.06. The van der Waals surface area contributed by atoms with E-state index >= 15 is 0 Å². The number of rotatable bonds is 11. The van der Waals surface area contributed by atoms with Crippen LogP contribution in [0.5, 0.6) is 0 Å². The molecule has 1 N–H and O–H groups in total. The van der Waals surface area contributed by atoms with Gasteiger partial charge < -0.3 is 9.84 Å². The van der Waals surface area contributed by atoms with E-state index in [1.54, 1.807) is 0 Å². The highest BCUT2D eigenvalue weighted by molar-refractivity contribution is 6.28. The second kappa shape index (κ2) is 11.6. The number of hydrogen-bond acceptors (Lipinski definition) is 3. The smallest absolute Gasteiger partial charge is 0.417 e. The van der Waals surface area contributed by atoms with Crippen LogP contribution in [0, 0.1) is 17.8 Å². The Labute approximate surface area is 160 Å². The molecule has 26 heavy (non-hydrogen) atoms. The number of esters is 1. The van der Waals surface area contributed by atoms with E-state index in [1.807, 2.05) is 6.92 Å². The van der Waals surface area contributed by atoms with Crippen LogP contribution in [0.2, 0.25) is 0 Å². The van der Waals surface area contributed by atoms with Gasteiger partial charge in [-0.2, -0.15) is 0 Å². The van der Waals surface area contributed by atoms with E-state index in [0.29, 0.717) is 11.8 Å². The van der Waals surface area contributed by atoms with E-state index in [9.17, 15) is 9.59 Å². The Morgan fingerprint density at radius 3 is 2.19 bits per heavy atom. The summed E-state index contributed by atoms with van der Waals surface area (Å²) in [6, 6.07) is 0. The Morgan fingerprint density at radius 1 is 1.08 bits per heavy atom. The van der Waals surface area contributed by atoms with Crippen LogP contribution in [0.25, 0.3) is 0 Å². The minimum Gasteiger partial charge on any atom is -0.473 e. The SMILES string of the molecule is CCCCCCCCCCC1CC(C(C)C)CCC1(C)OC(=O)C(=O)O. The van der Waals surface area contributed by atoms with E-state index in [4.69, 9.17) is 9.84 Å². The highest BCUT2D eigenvalue weighted by atomic mass is 16.6. The molecule has 3 atom stereocenters. The van der Waals surface area contributed by atoms with Crippen molar-refractivity contribution in [3.63, 3.8) is 0 Å². The fraction of sp³-hybridized carbons (Fsp3) is 0.909. The van der Waals surface area contributed by atoms with Crippen molar-refractivity contribution in [3.8, 4) is 0 Å². The zero-order valence-corrected chi connectivity index (χ0v) is 17.4. The van der Waals surface area contributed by atoms with Crippen molar-refractivity contribution in [2.45, 2.75) is 110 Å². The quantitative estimate of drug-likeness (QED) is 0.277. The number of ether oxygens (including phenoxy) is 1. The Kier molecular flexibility index (Phi) is 10.3. The third-order valence-electron chi connectivity index (χ3n) is 6.31. The minimum atomic E-state index is -1.48. The summed E-state index contributed by atoms with van der Waals surface area (Å²) in [4.78, 5) is 22.6. The molecule has 0 aromatic heterocycles. The molecule has 3 unspecified atom stereocenters. The summed E-state index contributed by atoms with van der Waals surface area (Å²) in [6.45, 7) is 8.69. The Balaban J connectivity index is 2.50. The molecule has 0 bridgehead atoms. The summed E-state index contributed by atoms with van der Waals surface area (Å²) in [7, 11) is 0. The molecular weight excluding hydrogens is 328 g/mol. The van der Waals surface area contributed by atoms with Crippen LogP contribution < -0.4 is 0 Å². The first-order valence-corrected chi connectivity index (χ1v) is 10.8. The summed E-state index contributed by atoms with van der Waals surface area (Å²) >= 11 is 0. The maximum Gasteiger partial charge on any atom is 0.417 e. The molecular formula is C22H40O4. The number of unbranched alkanes of at least 4 members (excludes halogenated alkanes) is 7. The molecule has 0 spiro atoms. The van der Waals surface area contributed by atoms with Crippen molar-refractivity contribution in [1.29, 1.82) is 0 Å². The molecule has 1 fully saturated rings. The zero-order chi connectivity index (χ0) is 19.6. The molecule has 1 aliphatic carbocycles. The molecule has 4 heteroatoms. The number of hydrogen-bond donors (Lipinski definition) is 1. The van der Waals surface area contributed by atoms with Crippen LogP contribution in [-0.4, -0.2) is 22.6 Å². The average Bonchev–Trinajstić information content (AvgIpc) is 2.58. The first-order chi connectivity index (χ1) is 12.3. The fourth-order valence-corrected chi connectivity index (χ4v) is 4.35. The largest absolute Gasteiger partial charge is 0.473 e. The Bertz CT molecular complexity index is 432. The van der Waals surface area contributed by atoms with E-state index in [1.165, 1.54) is 44.9 Å². The van der Waals surface area contributed by atoms with Gasteiger partial charge in [0, 0.05) is 0 Å². The number of carboxylic acid groups (broad SMARTS) is 1. The number of carbonyl (C=O) groups excluding carboxylic acids is 1. The van der Waals surface area contributed by atoms with Crippen molar-refractivity contribution in [2.75, 3.05) is 0 Å². The maximum atomic E-state index is 11.7. The van der Waals surface area contributed by atoms with Gasteiger partial charge >= 0.3 is 11.9 Å². The first kappa shape index (κ1) is 23.0. The molecule has 0 radical (unpaired) electrons. The molecule has 152 valence electrons. The van der Waals surface area contributed by atoms with Gasteiger partial charge in [-0.25, -0.2) is 9.59 Å². The summed E-state index contributed by atoms with van der Waals surface area (Å²) in [5, 5.41) is 8.91. The van der Waals surface area contributed by atoms with E-state index in [-0.39, 0.29) is 5.92 Å². The Morgan fingerprint density at radius 2 is 1.65 bits per heavy atom. The zero-order valence-electron chi connectivity index (χ0n) is 17.4. The number of carboxylic acids is 1. The monoisotopic (exact) mass is 368 g/mol. The molecule has 0 aromatic rings. The van der Waals surface area contributed by atoms with Crippen molar-refractivity contribution in [2.24, 2.45) is 17.8 Å². The maximum absolute atomic E-state index is 11.7. The molecule has 1 aliphatic rings. The van der Waals surface area contributed by atoms with E-state index < -0.39 is 17.5 Å². The third-order valence-corrected chi connectivity index (χ3v) is 6.31. The van der Waals surface area contributed by atoms with Crippen LogP contribution in [-0.2, 0) is 14.3 Å². The van der Waals surface area contributed by atoms with Gasteiger partial charge in [-0.1, -0.05) is 72.1 Å². The molecule has 1 saturated carbocycles. The second-order valence-electron chi connectivity index (χ2n) is 8.75. The average molecular weight is 369 g/mol. The van der Waals surface area contributed by atoms with Gasteiger partial charge in [-0.15, -0.1) is 0 Å². The lowest BCUT2D eigenvalue weighted by molar-refractivity contribution is -0.182. The van der Waals surface area contributed by atoms with Gasteiger partial charge in [-0.05, 0) is 50.4 Å². The van der Waals surface area contributed by atoms with Gasteiger partial charge in [0.25, 0.3) is 0 Å². The summed E-state index contributed by atoms with van der Waals surface area (Å²) in [5.41, 5.74) is -0.623. The summed E-state index contributed by atoms with van der Waals surface area (Å²) < 4.78 is 5.46. The number of carbonyl (C=O) groups is 2. The van der Waals surface area contributed by atoms with Crippen molar-refractivity contribution in [1.82, 2.24) is 0 Å². The topological polar surface area (TPSA) is 63.6 Å². The van der Waals surface area contributed by atoms with Gasteiger partial charge in [0.15, 0.2) is 0 Å². The molecule has 0 saturated heterocycles. The van der Waals surface area contributed by atoms with Crippen LogP contribution >= 0.6 is 0 Å². The summed E-state index contributed by atoms with van der Waals surface area (Å²) in [6.07, 6.45) is 14.1. The predicted octanol–water partition coefficient (Wildman–Crippen LogP) is 5.98. The van der Waals surface area contributed by atoms with E-state index in [2.05, 4.69) is 20.8 Å². The van der Waals surface area contributed by atoms with Crippen LogP contribution in [0.3, 0.4) is 0 Å². The van der Waals surface area contributed by atoms with Crippen LogP contribution in [0.4, 0.5) is 0 Å². The van der Waals surface area contributed by atoms with Crippen LogP contribution in [0.1, 0.15) is 105 Å². The fourth-order valence-electron chi connectivity index (χ4n) is 4.35. The normalized spacial score (nSPS) is 26.0. The lowest BCUT2D eigenvalue weighted by atomic mass is 9.67. The van der Waals surface area contributed by atoms with Gasteiger partial charge in [0.1, 0.15) is 5.60 Å². The number of aliphatic carboxylic acids is 1. The van der Waals surface area contributed by atoms with Crippen molar-refractivity contribution < 1.29 is 19.4 Å². The molecule has 0 amide bonds. The summed E-state index contributed by atoms with van der Waals surface area (Å²) in [5.74, 6) is -1.05. The van der Waals surface area contributed by atoms with Crippen molar-refractivity contribution in [3.05, 3.63) is 0 Å². The molecule has 0 aliphatic heterocycles. The third kappa shape index (κ3) is 7.67. The molecule has 0 aromatic carbocycles. The van der Waals surface area contributed by atoms with E-state index in [0.717, 1.165) is 32.1 Å². The van der Waals surface area contributed by atoms with Gasteiger partial charge in [0.05, 0.1) is 0 Å².